The Morgan fingerprint density at radius 2 is 2.09 bits per heavy atom. The third-order valence-corrected chi connectivity index (χ3v) is 4.21. The maximum absolute atomic E-state index is 12.5. The van der Waals surface area contributed by atoms with Crippen molar-refractivity contribution in [2.24, 2.45) is 0 Å². The van der Waals surface area contributed by atoms with E-state index in [0.29, 0.717) is 32.6 Å². The standard InChI is InChI=1S/C15H12ClN3O2S/c1-8-7-12(22-19-8)17-15(20)13-9(2)21-18-14(13)10-5-3-4-6-11(10)16/h3-7H,1-2H3,(H,17,20). The van der Waals surface area contributed by atoms with E-state index in [4.69, 9.17) is 16.1 Å². The van der Waals surface area contributed by atoms with Crippen molar-refractivity contribution in [3.63, 3.8) is 0 Å². The number of benzene rings is 1. The van der Waals surface area contributed by atoms with Crippen molar-refractivity contribution in [2.45, 2.75) is 13.8 Å². The minimum absolute atomic E-state index is 0.294. The lowest BCUT2D eigenvalue weighted by Crippen LogP contribution is -2.12. The van der Waals surface area contributed by atoms with Gasteiger partial charge >= 0.3 is 0 Å². The topological polar surface area (TPSA) is 68.0 Å². The minimum atomic E-state index is -0.294. The Morgan fingerprint density at radius 1 is 1.32 bits per heavy atom. The molecule has 0 radical (unpaired) electrons. The number of rotatable bonds is 3. The van der Waals surface area contributed by atoms with Crippen LogP contribution in [-0.4, -0.2) is 15.4 Å². The van der Waals surface area contributed by atoms with Gasteiger partial charge in [-0.25, -0.2) is 0 Å². The lowest BCUT2D eigenvalue weighted by molar-refractivity contribution is 0.102. The molecule has 1 amide bonds. The number of nitrogens with zero attached hydrogens (tertiary/aromatic N) is 2. The number of anilines is 1. The van der Waals surface area contributed by atoms with Gasteiger partial charge in [-0.15, -0.1) is 0 Å². The summed E-state index contributed by atoms with van der Waals surface area (Å²) in [7, 11) is 0. The van der Waals surface area contributed by atoms with Gasteiger partial charge in [0.25, 0.3) is 5.91 Å². The lowest BCUT2D eigenvalue weighted by atomic mass is 10.1. The average Bonchev–Trinajstić information content (AvgIpc) is 3.05. The van der Waals surface area contributed by atoms with Crippen LogP contribution in [0.25, 0.3) is 11.3 Å². The van der Waals surface area contributed by atoms with Crippen LogP contribution in [0.2, 0.25) is 5.02 Å². The molecule has 7 heteroatoms. The number of hydrogen-bond donors (Lipinski definition) is 1. The van der Waals surface area contributed by atoms with E-state index >= 15 is 0 Å². The van der Waals surface area contributed by atoms with Crippen molar-refractivity contribution in [3.8, 4) is 11.3 Å². The smallest absolute Gasteiger partial charge is 0.262 e. The van der Waals surface area contributed by atoms with Gasteiger partial charge in [0.1, 0.15) is 22.0 Å². The zero-order valence-electron chi connectivity index (χ0n) is 11.9. The second kappa shape index (κ2) is 5.90. The molecule has 5 nitrogen and oxygen atoms in total. The van der Waals surface area contributed by atoms with Gasteiger partial charge < -0.3 is 9.84 Å². The summed E-state index contributed by atoms with van der Waals surface area (Å²) in [5, 5.41) is 7.98. The van der Waals surface area contributed by atoms with Gasteiger partial charge in [0.05, 0.1) is 10.7 Å². The highest BCUT2D eigenvalue weighted by Crippen LogP contribution is 2.31. The number of aryl methyl sites for hydroxylation is 2. The predicted molar refractivity (Wildman–Crippen MR) is 86.5 cm³/mol. The molecule has 0 unspecified atom stereocenters. The molecule has 0 bridgehead atoms. The van der Waals surface area contributed by atoms with Crippen LogP contribution in [-0.2, 0) is 0 Å². The molecule has 3 rings (SSSR count). The van der Waals surface area contributed by atoms with E-state index in [0.717, 1.165) is 5.69 Å². The van der Waals surface area contributed by atoms with Crippen LogP contribution in [0.4, 0.5) is 5.00 Å². The molecule has 2 heterocycles. The molecule has 0 aliphatic carbocycles. The highest BCUT2D eigenvalue weighted by molar-refractivity contribution is 7.10. The normalized spacial score (nSPS) is 10.7. The number of nitrogens with one attached hydrogen (secondary N) is 1. The summed E-state index contributed by atoms with van der Waals surface area (Å²) in [6, 6.07) is 9.00. The first-order valence-electron chi connectivity index (χ1n) is 6.52. The molecule has 0 saturated heterocycles. The molecule has 0 aliphatic rings. The molecule has 1 aromatic carbocycles. The van der Waals surface area contributed by atoms with Crippen LogP contribution >= 0.6 is 23.1 Å². The van der Waals surface area contributed by atoms with Crippen LogP contribution < -0.4 is 5.32 Å². The summed E-state index contributed by atoms with van der Waals surface area (Å²) < 4.78 is 9.32. The van der Waals surface area contributed by atoms with Crippen molar-refractivity contribution in [1.82, 2.24) is 9.53 Å². The fraction of sp³-hybridized carbons (Fsp3) is 0.133. The zero-order valence-corrected chi connectivity index (χ0v) is 13.5. The van der Waals surface area contributed by atoms with Gasteiger partial charge in [0.2, 0.25) is 0 Å². The lowest BCUT2D eigenvalue weighted by Gasteiger charge is -2.04. The Hall–Kier alpha value is -2.18. The number of carbonyl (C=O) groups is 1. The van der Waals surface area contributed by atoms with Gasteiger partial charge in [-0.3, -0.25) is 4.79 Å². The Kier molecular flexibility index (Phi) is 3.96. The minimum Gasteiger partial charge on any atom is -0.360 e. The zero-order chi connectivity index (χ0) is 15.7. The number of amides is 1. The van der Waals surface area contributed by atoms with E-state index in [1.807, 2.05) is 19.1 Å². The molecule has 0 saturated carbocycles. The largest absolute Gasteiger partial charge is 0.360 e. The number of halogens is 1. The first-order chi connectivity index (χ1) is 10.6. The van der Waals surface area contributed by atoms with Crippen LogP contribution in [0.15, 0.2) is 34.9 Å². The van der Waals surface area contributed by atoms with Crippen molar-refractivity contribution in [1.29, 1.82) is 0 Å². The van der Waals surface area contributed by atoms with Gasteiger partial charge in [-0.05, 0) is 37.5 Å². The Bertz CT molecular complexity index is 841. The maximum Gasteiger partial charge on any atom is 0.262 e. The van der Waals surface area contributed by atoms with E-state index in [9.17, 15) is 4.79 Å². The molecule has 112 valence electrons. The summed E-state index contributed by atoms with van der Waals surface area (Å²) in [5.41, 5.74) is 2.32. The second-order valence-electron chi connectivity index (χ2n) is 4.73. The predicted octanol–water partition coefficient (Wildman–Crippen LogP) is 4.32. The summed E-state index contributed by atoms with van der Waals surface area (Å²) in [4.78, 5) is 12.5. The van der Waals surface area contributed by atoms with Gasteiger partial charge in [-0.2, -0.15) is 4.37 Å². The molecule has 0 aliphatic heterocycles. The molecule has 1 N–H and O–H groups in total. The van der Waals surface area contributed by atoms with Crippen molar-refractivity contribution < 1.29 is 9.32 Å². The van der Waals surface area contributed by atoms with Crippen LogP contribution in [0.3, 0.4) is 0 Å². The Balaban J connectivity index is 1.99. The third kappa shape index (κ3) is 2.75. The summed E-state index contributed by atoms with van der Waals surface area (Å²) in [5.74, 6) is 0.144. The van der Waals surface area contributed by atoms with Crippen molar-refractivity contribution >= 4 is 34.0 Å². The number of carbonyl (C=O) groups excluding carboxylic acids is 1. The fourth-order valence-corrected chi connectivity index (χ4v) is 2.96. The molecular weight excluding hydrogens is 322 g/mol. The first-order valence-corrected chi connectivity index (χ1v) is 7.67. The van der Waals surface area contributed by atoms with E-state index < -0.39 is 0 Å². The number of hydrogen-bond acceptors (Lipinski definition) is 5. The monoisotopic (exact) mass is 333 g/mol. The summed E-state index contributed by atoms with van der Waals surface area (Å²) in [6.45, 7) is 3.56. The molecule has 2 aromatic heterocycles. The van der Waals surface area contributed by atoms with Crippen molar-refractivity contribution in [3.05, 3.63) is 52.4 Å². The SMILES string of the molecule is Cc1cc(NC(=O)c2c(-c3ccccc3Cl)noc2C)sn1. The van der Waals surface area contributed by atoms with Crippen LogP contribution in [0, 0.1) is 13.8 Å². The molecule has 0 fully saturated rings. The van der Waals surface area contributed by atoms with Gasteiger partial charge in [0.15, 0.2) is 0 Å². The highest BCUT2D eigenvalue weighted by atomic mass is 35.5. The number of aromatic nitrogens is 2. The quantitative estimate of drug-likeness (QED) is 0.775. The van der Waals surface area contributed by atoms with Crippen LogP contribution in [0.1, 0.15) is 21.8 Å². The van der Waals surface area contributed by atoms with E-state index in [-0.39, 0.29) is 5.91 Å². The van der Waals surface area contributed by atoms with Crippen LogP contribution in [0.5, 0.6) is 0 Å². The van der Waals surface area contributed by atoms with E-state index in [2.05, 4.69) is 14.8 Å². The van der Waals surface area contributed by atoms with Gasteiger partial charge in [-0.1, -0.05) is 35.0 Å². The molecular formula is C15H12ClN3O2S. The van der Waals surface area contributed by atoms with Crippen molar-refractivity contribution in [2.75, 3.05) is 5.32 Å². The molecule has 0 atom stereocenters. The Morgan fingerprint density at radius 3 is 2.77 bits per heavy atom. The molecule has 0 spiro atoms. The third-order valence-electron chi connectivity index (χ3n) is 3.08. The molecule has 22 heavy (non-hydrogen) atoms. The molecule has 3 aromatic rings. The van der Waals surface area contributed by atoms with E-state index in [1.165, 1.54) is 11.5 Å². The second-order valence-corrected chi connectivity index (χ2v) is 5.94. The van der Waals surface area contributed by atoms with Gasteiger partial charge in [0, 0.05) is 5.56 Å². The summed E-state index contributed by atoms with van der Waals surface area (Å²) in [6.07, 6.45) is 0. The Labute approximate surface area is 136 Å². The fourth-order valence-electron chi connectivity index (χ4n) is 2.07. The van der Waals surface area contributed by atoms with E-state index in [1.54, 1.807) is 25.1 Å². The maximum atomic E-state index is 12.5. The highest BCUT2D eigenvalue weighted by Gasteiger charge is 2.23. The first kappa shape index (κ1) is 14.7. The average molecular weight is 334 g/mol. The summed E-state index contributed by atoms with van der Waals surface area (Å²) >= 11 is 7.41.